The van der Waals surface area contributed by atoms with E-state index in [1.54, 1.807) is 6.33 Å². The number of aromatic nitrogens is 2. The van der Waals surface area contributed by atoms with Crippen LogP contribution in [0.2, 0.25) is 0 Å². The molecule has 1 saturated heterocycles. The fourth-order valence-corrected chi connectivity index (χ4v) is 3.41. The topological polar surface area (TPSA) is 41.1 Å². The van der Waals surface area contributed by atoms with Gasteiger partial charge in [0.05, 0.1) is 5.69 Å². The largest absolute Gasteiger partial charge is 0.354 e. The Balaban J connectivity index is 1.97. The maximum atomic E-state index is 4.50. The summed E-state index contributed by atoms with van der Waals surface area (Å²) in [6.07, 6.45) is 1.72. The van der Waals surface area contributed by atoms with Gasteiger partial charge in [-0.1, -0.05) is 0 Å². The monoisotopic (exact) mass is 236 g/mol. The van der Waals surface area contributed by atoms with E-state index in [-0.39, 0.29) is 0 Å². The number of thioether (sulfide) groups is 1. The Morgan fingerprint density at radius 1 is 1.38 bits per heavy atom. The van der Waals surface area contributed by atoms with Crippen LogP contribution in [0.5, 0.6) is 0 Å². The lowest BCUT2D eigenvalue weighted by Crippen LogP contribution is -2.44. The summed E-state index contributed by atoms with van der Waals surface area (Å²) in [5.41, 5.74) is 2.61. The van der Waals surface area contributed by atoms with Crippen LogP contribution in [-0.4, -0.2) is 36.1 Å². The summed E-state index contributed by atoms with van der Waals surface area (Å²) in [5.74, 6) is 2.21. The van der Waals surface area contributed by atoms with Crippen LogP contribution >= 0.6 is 11.8 Å². The lowest BCUT2D eigenvalue weighted by Gasteiger charge is -2.30. The smallest absolute Gasteiger partial charge is 0.136 e. The van der Waals surface area contributed by atoms with E-state index in [9.17, 15) is 0 Å². The van der Waals surface area contributed by atoms with Gasteiger partial charge in [0.1, 0.15) is 12.1 Å². The molecule has 86 valence electrons. The molecule has 1 N–H and O–H groups in total. The zero-order valence-electron chi connectivity index (χ0n) is 9.44. The van der Waals surface area contributed by atoms with Gasteiger partial charge in [-0.05, 0) is 6.92 Å². The fourth-order valence-electron chi connectivity index (χ4n) is 2.37. The third kappa shape index (κ3) is 1.68. The molecular formula is C11H16N4S. The van der Waals surface area contributed by atoms with Crippen molar-refractivity contribution in [2.24, 2.45) is 0 Å². The third-order valence-corrected chi connectivity index (χ3v) is 4.41. The first kappa shape index (κ1) is 10.4. The molecule has 5 heteroatoms. The Hall–Kier alpha value is -0.810. The fraction of sp³-hybridized carbons (Fsp3) is 0.636. The summed E-state index contributed by atoms with van der Waals surface area (Å²) in [6, 6.07) is 0. The highest BCUT2D eigenvalue weighted by molar-refractivity contribution is 7.99. The molecule has 0 radical (unpaired) electrons. The molecule has 0 aliphatic carbocycles. The van der Waals surface area contributed by atoms with E-state index in [0.717, 1.165) is 31.9 Å². The van der Waals surface area contributed by atoms with Gasteiger partial charge in [0.15, 0.2) is 0 Å². The molecule has 0 saturated carbocycles. The van der Waals surface area contributed by atoms with E-state index < -0.39 is 0 Å². The number of rotatable bonds is 1. The number of hydrogen-bond donors (Lipinski definition) is 1. The van der Waals surface area contributed by atoms with Gasteiger partial charge in [-0.15, -0.1) is 11.8 Å². The maximum absolute atomic E-state index is 4.50. The minimum atomic E-state index is 0.543. The second-order valence-corrected chi connectivity index (χ2v) is 5.58. The summed E-state index contributed by atoms with van der Waals surface area (Å²) in [7, 11) is 0. The molecule has 3 rings (SSSR count). The van der Waals surface area contributed by atoms with Crippen molar-refractivity contribution in [3.8, 4) is 0 Å². The SMILES string of the molecule is CC1SCc2ncnc(N3CCNCC3)c21. The summed E-state index contributed by atoms with van der Waals surface area (Å²) < 4.78 is 0. The van der Waals surface area contributed by atoms with E-state index >= 15 is 0 Å². The zero-order valence-corrected chi connectivity index (χ0v) is 10.3. The van der Waals surface area contributed by atoms with Crippen LogP contribution in [0, 0.1) is 0 Å². The molecule has 0 bridgehead atoms. The van der Waals surface area contributed by atoms with E-state index in [2.05, 4.69) is 27.1 Å². The standard InChI is InChI=1S/C11H16N4S/c1-8-10-9(6-16-8)13-7-14-11(10)15-4-2-12-3-5-15/h7-8,12H,2-6H2,1H3. The van der Waals surface area contributed by atoms with Gasteiger partial charge in [0, 0.05) is 42.7 Å². The molecule has 16 heavy (non-hydrogen) atoms. The van der Waals surface area contributed by atoms with Crippen molar-refractivity contribution in [3.63, 3.8) is 0 Å². The molecule has 1 aromatic heterocycles. The molecule has 3 heterocycles. The van der Waals surface area contributed by atoms with Gasteiger partial charge >= 0.3 is 0 Å². The molecule has 0 amide bonds. The van der Waals surface area contributed by atoms with E-state index in [4.69, 9.17) is 0 Å². The Morgan fingerprint density at radius 3 is 3.00 bits per heavy atom. The van der Waals surface area contributed by atoms with Crippen molar-refractivity contribution in [3.05, 3.63) is 17.6 Å². The van der Waals surface area contributed by atoms with Crippen molar-refractivity contribution in [1.29, 1.82) is 0 Å². The molecule has 1 atom stereocenters. The van der Waals surface area contributed by atoms with Gasteiger partial charge in [-0.2, -0.15) is 0 Å². The van der Waals surface area contributed by atoms with Crippen molar-refractivity contribution < 1.29 is 0 Å². The summed E-state index contributed by atoms with van der Waals surface area (Å²) in [6.45, 7) is 6.48. The lowest BCUT2D eigenvalue weighted by molar-refractivity contribution is 0.582. The molecule has 1 fully saturated rings. The first-order valence-corrected chi connectivity index (χ1v) is 6.82. The number of piperazine rings is 1. The molecule has 2 aliphatic rings. The predicted octanol–water partition coefficient (Wildman–Crippen LogP) is 1.19. The highest BCUT2D eigenvalue weighted by Gasteiger charge is 2.27. The van der Waals surface area contributed by atoms with Crippen LogP contribution in [0.4, 0.5) is 5.82 Å². The van der Waals surface area contributed by atoms with Gasteiger partial charge in [-0.25, -0.2) is 9.97 Å². The van der Waals surface area contributed by atoms with Gasteiger partial charge in [0.25, 0.3) is 0 Å². The van der Waals surface area contributed by atoms with Crippen LogP contribution in [-0.2, 0) is 5.75 Å². The second kappa shape index (κ2) is 4.22. The Labute approximate surface area is 99.8 Å². The van der Waals surface area contributed by atoms with E-state index in [1.165, 1.54) is 17.1 Å². The molecule has 2 aliphatic heterocycles. The minimum absolute atomic E-state index is 0.543. The van der Waals surface area contributed by atoms with Crippen LogP contribution < -0.4 is 10.2 Å². The second-order valence-electron chi connectivity index (χ2n) is 4.25. The van der Waals surface area contributed by atoms with Gasteiger partial charge < -0.3 is 10.2 Å². The Kier molecular flexibility index (Phi) is 2.73. The first-order valence-electron chi connectivity index (χ1n) is 5.77. The number of fused-ring (bicyclic) bond motifs is 1. The third-order valence-electron chi connectivity index (χ3n) is 3.24. The normalized spacial score (nSPS) is 24.6. The highest BCUT2D eigenvalue weighted by Crippen LogP contribution is 2.43. The quantitative estimate of drug-likeness (QED) is 0.793. The first-order chi connectivity index (χ1) is 7.86. The number of anilines is 1. The summed E-state index contributed by atoms with van der Waals surface area (Å²) in [4.78, 5) is 11.3. The van der Waals surface area contributed by atoms with Gasteiger partial charge in [0.2, 0.25) is 0 Å². The van der Waals surface area contributed by atoms with Crippen molar-refractivity contribution in [1.82, 2.24) is 15.3 Å². The molecule has 0 aromatic carbocycles. The van der Waals surface area contributed by atoms with Crippen molar-refractivity contribution in [2.75, 3.05) is 31.1 Å². The number of hydrogen-bond acceptors (Lipinski definition) is 5. The molecule has 0 spiro atoms. The lowest BCUT2D eigenvalue weighted by atomic mass is 10.1. The summed E-state index contributed by atoms with van der Waals surface area (Å²) >= 11 is 1.96. The Morgan fingerprint density at radius 2 is 2.19 bits per heavy atom. The summed E-state index contributed by atoms with van der Waals surface area (Å²) in [5, 5.41) is 3.92. The maximum Gasteiger partial charge on any atom is 0.136 e. The number of nitrogens with zero attached hydrogens (tertiary/aromatic N) is 3. The average Bonchev–Trinajstić information content (AvgIpc) is 2.73. The van der Waals surface area contributed by atoms with Crippen LogP contribution in [0.3, 0.4) is 0 Å². The zero-order chi connectivity index (χ0) is 11.0. The van der Waals surface area contributed by atoms with Crippen molar-refractivity contribution >= 4 is 17.6 Å². The molecular weight excluding hydrogens is 220 g/mol. The Bertz CT molecular complexity index is 390. The van der Waals surface area contributed by atoms with E-state index in [1.807, 2.05) is 11.8 Å². The molecule has 1 unspecified atom stereocenters. The minimum Gasteiger partial charge on any atom is -0.354 e. The predicted molar refractivity (Wildman–Crippen MR) is 66.8 cm³/mol. The molecule has 1 aromatic rings. The van der Waals surface area contributed by atoms with Crippen LogP contribution in [0.25, 0.3) is 0 Å². The van der Waals surface area contributed by atoms with E-state index in [0.29, 0.717) is 5.25 Å². The average molecular weight is 236 g/mol. The van der Waals surface area contributed by atoms with Crippen LogP contribution in [0.1, 0.15) is 23.4 Å². The van der Waals surface area contributed by atoms with Gasteiger partial charge in [-0.3, -0.25) is 0 Å². The molecule has 4 nitrogen and oxygen atoms in total. The number of nitrogens with one attached hydrogen (secondary N) is 1. The van der Waals surface area contributed by atoms with Crippen LogP contribution in [0.15, 0.2) is 6.33 Å². The van der Waals surface area contributed by atoms with Crippen molar-refractivity contribution in [2.45, 2.75) is 17.9 Å². The highest BCUT2D eigenvalue weighted by atomic mass is 32.2.